The molecule has 3 aromatic rings. The first-order valence-electron chi connectivity index (χ1n) is 9.27. The van der Waals surface area contributed by atoms with Crippen molar-refractivity contribution in [1.29, 1.82) is 0 Å². The standard InChI is InChI=1S/C19H15ClF2N4O4S2/c20-14-3-2-13(10-18(14)26(27)28)32(29,30)25-7-5-24(6-8-25)19-23-17(11-31-19)12-1-4-15(21)16(22)9-12/h1-4,9-11H,5-8H2. The molecule has 8 nitrogen and oxygen atoms in total. The van der Waals surface area contributed by atoms with Crippen LogP contribution >= 0.6 is 22.9 Å². The fourth-order valence-electron chi connectivity index (χ4n) is 3.26. The number of anilines is 1. The lowest BCUT2D eigenvalue weighted by molar-refractivity contribution is -0.384. The number of piperazine rings is 1. The fraction of sp³-hybridized carbons (Fsp3) is 0.211. The van der Waals surface area contributed by atoms with Crippen molar-refractivity contribution in [3.05, 3.63) is 68.5 Å². The van der Waals surface area contributed by atoms with Gasteiger partial charge >= 0.3 is 0 Å². The summed E-state index contributed by atoms with van der Waals surface area (Å²) < 4.78 is 53.8. The summed E-state index contributed by atoms with van der Waals surface area (Å²) >= 11 is 7.09. The maximum absolute atomic E-state index is 13.5. The van der Waals surface area contributed by atoms with E-state index in [1.165, 1.54) is 33.8 Å². The zero-order valence-corrected chi connectivity index (χ0v) is 18.6. The molecule has 1 fully saturated rings. The molecule has 0 N–H and O–H groups in total. The topological polar surface area (TPSA) is 96.6 Å². The summed E-state index contributed by atoms with van der Waals surface area (Å²) in [6, 6.07) is 6.94. The lowest BCUT2D eigenvalue weighted by Gasteiger charge is -2.33. The number of nitro groups is 1. The van der Waals surface area contributed by atoms with E-state index in [1.54, 1.807) is 5.38 Å². The second-order valence-corrected chi connectivity index (χ2v) is 10.1. The molecule has 0 atom stereocenters. The van der Waals surface area contributed by atoms with Crippen LogP contribution in [0, 0.1) is 21.7 Å². The molecule has 32 heavy (non-hydrogen) atoms. The molecule has 2 heterocycles. The molecule has 0 unspecified atom stereocenters. The van der Waals surface area contributed by atoms with Crippen molar-refractivity contribution in [2.24, 2.45) is 0 Å². The third kappa shape index (κ3) is 4.31. The Bertz CT molecular complexity index is 1290. The van der Waals surface area contributed by atoms with Gasteiger partial charge in [0.25, 0.3) is 5.69 Å². The highest BCUT2D eigenvalue weighted by molar-refractivity contribution is 7.89. The van der Waals surface area contributed by atoms with Crippen molar-refractivity contribution in [1.82, 2.24) is 9.29 Å². The van der Waals surface area contributed by atoms with E-state index in [4.69, 9.17) is 11.6 Å². The highest BCUT2D eigenvalue weighted by Gasteiger charge is 2.31. The van der Waals surface area contributed by atoms with Crippen LogP contribution in [0.5, 0.6) is 0 Å². The predicted molar refractivity (Wildman–Crippen MR) is 117 cm³/mol. The lowest BCUT2D eigenvalue weighted by Crippen LogP contribution is -2.48. The largest absolute Gasteiger partial charge is 0.345 e. The van der Waals surface area contributed by atoms with Crippen LogP contribution in [0.25, 0.3) is 11.3 Å². The van der Waals surface area contributed by atoms with E-state index < -0.39 is 32.3 Å². The monoisotopic (exact) mass is 500 g/mol. The van der Waals surface area contributed by atoms with Crippen LogP contribution in [0.4, 0.5) is 19.6 Å². The fourth-order valence-corrected chi connectivity index (χ4v) is 5.78. The lowest BCUT2D eigenvalue weighted by atomic mass is 10.2. The molecule has 0 radical (unpaired) electrons. The number of thiazole rings is 1. The summed E-state index contributed by atoms with van der Waals surface area (Å²) in [7, 11) is -3.94. The third-order valence-corrected chi connectivity index (χ3v) is 8.08. The van der Waals surface area contributed by atoms with Gasteiger partial charge in [-0.3, -0.25) is 10.1 Å². The average molecular weight is 501 g/mol. The van der Waals surface area contributed by atoms with E-state index in [0.717, 1.165) is 18.2 Å². The normalized spacial score (nSPS) is 15.2. The number of hydrogen-bond donors (Lipinski definition) is 0. The molecule has 1 saturated heterocycles. The molecular weight excluding hydrogens is 486 g/mol. The van der Waals surface area contributed by atoms with Gasteiger partial charge in [-0.25, -0.2) is 22.2 Å². The number of nitrogens with zero attached hydrogens (tertiary/aromatic N) is 4. The highest BCUT2D eigenvalue weighted by atomic mass is 35.5. The summed E-state index contributed by atoms with van der Waals surface area (Å²) in [5.41, 5.74) is 0.461. The summed E-state index contributed by atoms with van der Waals surface area (Å²) in [6.07, 6.45) is 0. The molecule has 13 heteroatoms. The second kappa shape index (κ2) is 8.70. The van der Waals surface area contributed by atoms with Crippen molar-refractivity contribution < 1.29 is 22.1 Å². The number of halogens is 3. The van der Waals surface area contributed by atoms with Gasteiger partial charge < -0.3 is 4.90 Å². The van der Waals surface area contributed by atoms with Crippen LogP contribution in [-0.2, 0) is 10.0 Å². The van der Waals surface area contributed by atoms with E-state index in [1.807, 2.05) is 4.90 Å². The molecule has 0 saturated carbocycles. The van der Waals surface area contributed by atoms with E-state index in [0.29, 0.717) is 29.5 Å². The van der Waals surface area contributed by atoms with E-state index >= 15 is 0 Å². The summed E-state index contributed by atoms with van der Waals surface area (Å²) in [6.45, 7) is 0.997. The third-order valence-electron chi connectivity index (χ3n) is 4.97. The Kier molecular flexibility index (Phi) is 6.12. The summed E-state index contributed by atoms with van der Waals surface area (Å²) in [4.78, 5) is 16.5. The Morgan fingerprint density at radius 1 is 1.06 bits per heavy atom. The van der Waals surface area contributed by atoms with E-state index in [9.17, 15) is 27.3 Å². The summed E-state index contributed by atoms with van der Waals surface area (Å²) in [5, 5.41) is 13.3. The molecule has 4 rings (SSSR count). The minimum absolute atomic E-state index is 0.139. The molecule has 0 bridgehead atoms. The minimum atomic E-state index is -3.94. The zero-order chi connectivity index (χ0) is 23.0. The van der Waals surface area contributed by atoms with Crippen LogP contribution in [0.1, 0.15) is 0 Å². The smallest absolute Gasteiger partial charge is 0.289 e. The summed E-state index contributed by atoms with van der Waals surface area (Å²) in [5.74, 6) is -1.90. The Labute approximate surface area is 190 Å². The van der Waals surface area contributed by atoms with Gasteiger partial charge in [0, 0.05) is 43.2 Å². The van der Waals surface area contributed by atoms with E-state index in [-0.39, 0.29) is 23.0 Å². The molecule has 168 valence electrons. The molecule has 0 aliphatic carbocycles. The molecule has 0 amide bonds. The Hall–Kier alpha value is -2.67. The SMILES string of the molecule is O=[N+]([O-])c1cc(S(=O)(=O)N2CCN(c3nc(-c4ccc(F)c(F)c4)cs3)CC2)ccc1Cl. The number of rotatable bonds is 5. The van der Waals surface area contributed by atoms with Gasteiger partial charge in [0.2, 0.25) is 10.0 Å². The average Bonchev–Trinajstić information content (AvgIpc) is 3.26. The van der Waals surface area contributed by atoms with Crippen molar-refractivity contribution in [2.45, 2.75) is 4.90 Å². The first kappa shape index (κ1) is 22.5. The van der Waals surface area contributed by atoms with Gasteiger partial charge in [-0.1, -0.05) is 11.6 Å². The van der Waals surface area contributed by atoms with Crippen molar-refractivity contribution in [3.8, 4) is 11.3 Å². The number of aromatic nitrogens is 1. The molecule has 1 aliphatic heterocycles. The molecule has 1 aromatic heterocycles. The van der Waals surface area contributed by atoms with Crippen LogP contribution in [-0.4, -0.2) is 48.8 Å². The van der Waals surface area contributed by atoms with Crippen molar-refractivity contribution >= 4 is 43.8 Å². The number of nitro benzene ring substituents is 1. The maximum Gasteiger partial charge on any atom is 0.289 e. The van der Waals surface area contributed by atoms with Gasteiger partial charge in [-0.15, -0.1) is 11.3 Å². The van der Waals surface area contributed by atoms with Gasteiger partial charge in [0.1, 0.15) is 5.02 Å². The highest BCUT2D eigenvalue weighted by Crippen LogP contribution is 2.31. The number of sulfonamides is 1. The Balaban J connectivity index is 1.47. The van der Waals surface area contributed by atoms with Crippen molar-refractivity contribution in [2.75, 3.05) is 31.1 Å². The first-order valence-corrected chi connectivity index (χ1v) is 12.0. The zero-order valence-electron chi connectivity index (χ0n) is 16.2. The quantitative estimate of drug-likeness (QED) is 0.385. The maximum atomic E-state index is 13.5. The second-order valence-electron chi connectivity index (χ2n) is 6.91. The van der Waals surface area contributed by atoms with Crippen LogP contribution in [0.3, 0.4) is 0 Å². The molecule has 2 aromatic carbocycles. The van der Waals surface area contributed by atoms with Gasteiger partial charge in [0.05, 0.1) is 15.5 Å². The number of hydrogen-bond acceptors (Lipinski definition) is 7. The van der Waals surface area contributed by atoms with Crippen molar-refractivity contribution in [3.63, 3.8) is 0 Å². The van der Waals surface area contributed by atoms with Gasteiger partial charge in [-0.2, -0.15) is 4.31 Å². The van der Waals surface area contributed by atoms with Crippen LogP contribution in [0.15, 0.2) is 46.7 Å². The van der Waals surface area contributed by atoms with Gasteiger partial charge in [-0.05, 0) is 30.3 Å². The molecular formula is C19H15ClF2N4O4S2. The molecule has 0 spiro atoms. The van der Waals surface area contributed by atoms with Gasteiger partial charge in [0.15, 0.2) is 16.8 Å². The van der Waals surface area contributed by atoms with Crippen LogP contribution < -0.4 is 4.90 Å². The number of benzene rings is 2. The Morgan fingerprint density at radius 2 is 1.78 bits per heavy atom. The minimum Gasteiger partial charge on any atom is -0.345 e. The van der Waals surface area contributed by atoms with Crippen LogP contribution in [0.2, 0.25) is 5.02 Å². The molecule has 1 aliphatic rings. The van der Waals surface area contributed by atoms with E-state index in [2.05, 4.69) is 4.98 Å². The predicted octanol–water partition coefficient (Wildman–Crippen LogP) is 4.16. The first-order chi connectivity index (χ1) is 15.2. The Morgan fingerprint density at radius 3 is 2.44 bits per heavy atom.